The molecule has 0 saturated carbocycles. The van der Waals surface area contributed by atoms with Gasteiger partial charge >= 0.3 is 12.1 Å². The van der Waals surface area contributed by atoms with Crippen molar-refractivity contribution in [2.75, 3.05) is 5.32 Å². The van der Waals surface area contributed by atoms with Crippen LogP contribution in [-0.4, -0.2) is 22.3 Å². The molecule has 7 heteroatoms. The molecule has 0 fully saturated rings. The molecular formula is C19H18BrNO5. The zero-order valence-electron chi connectivity index (χ0n) is 13.9. The number of carboxylic acids is 1. The van der Waals surface area contributed by atoms with Crippen LogP contribution in [-0.2, 0) is 9.53 Å². The van der Waals surface area contributed by atoms with E-state index in [4.69, 9.17) is 9.84 Å². The van der Waals surface area contributed by atoms with Crippen LogP contribution in [0.4, 0.5) is 10.5 Å². The summed E-state index contributed by atoms with van der Waals surface area (Å²) >= 11 is 3.32. The van der Waals surface area contributed by atoms with E-state index in [0.29, 0.717) is 15.7 Å². The van der Waals surface area contributed by atoms with Crippen molar-refractivity contribution in [1.82, 2.24) is 0 Å². The molecule has 2 aromatic rings. The molecule has 0 spiro atoms. The average molecular weight is 420 g/mol. The van der Waals surface area contributed by atoms with E-state index in [-0.39, 0.29) is 5.75 Å². The molecule has 0 aliphatic carbocycles. The molecule has 0 aliphatic rings. The van der Waals surface area contributed by atoms with Crippen molar-refractivity contribution < 1.29 is 24.5 Å². The maximum absolute atomic E-state index is 12.3. The highest BCUT2D eigenvalue weighted by Crippen LogP contribution is 2.35. The fourth-order valence-electron chi connectivity index (χ4n) is 2.33. The Labute approximate surface area is 159 Å². The number of carbonyl (C=O) groups is 2. The van der Waals surface area contributed by atoms with Gasteiger partial charge in [0.25, 0.3) is 0 Å². The first-order valence-electron chi connectivity index (χ1n) is 7.79. The van der Waals surface area contributed by atoms with Crippen LogP contribution in [0.5, 0.6) is 5.75 Å². The largest absolute Gasteiger partial charge is 0.508 e. The van der Waals surface area contributed by atoms with Crippen LogP contribution in [0.3, 0.4) is 0 Å². The van der Waals surface area contributed by atoms with Crippen molar-refractivity contribution in [3.63, 3.8) is 0 Å². The molecule has 136 valence electrons. The van der Waals surface area contributed by atoms with Gasteiger partial charge in [-0.05, 0) is 30.3 Å². The van der Waals surface area contributed by atoms with E-state index in [9.17, 15) is 14.7 Å². The lowest BCUT2D eigenvalue weighted by molar-refractivity contribution is -0.131. The molecule has 0 bridgehead atoms. The molecule has 0 aromatic heterocycles. The second kappa shape index (κ2) is 9.05. The van der Waals surface area contributed by atoms with Crippen molar-refractivity contribution in [1.29, 1.82) is 0 Å². The minimum atomic E-state index is -1.11. The number of phenols is 1. The van der Waals surface area contributed by atoms with Crippen molar-refractivity contribution in [3.05, 3.63) is 70.7 Å². The van der Waals surface area contributed by atoms with Gasteiger partial charge in [-0.2, -0.15) is 0 Å². The fraction of sp³-hybridized carbons (Fsp3) is 0.158. The summed E-state index contributed by atoms with van der Waals surface area (Å²) in [5.41, 5.74) is 0.925. The second-order valence-corrected chi connectivity index (χ2v) is 6.49. The number of ether oxygens (including phenoxy) is 1. The van der Waals surface area contributed by atoms with Crippen molar-refractivity contribution in [3.8, 4) is 5.75 Å². The molecule has 3 N–H and O–H groups in total. The van der Waals surface area contributed by atoms with Gasteiger partial charge in [0.1, 0.15) is 11.9 Å². The molecule has 0 unspecified atom stereocenters. The molecule has 2 rings (SSSR count). The van der Waals surface area contributed by atoms with E-state index in [1.54, 1.807) is 43.3 Å². The molecule has 6 nitrogen and oxygen atoms in total. The topological polar surface area (TPSA) is 95.9 Å². The van der Waals surface area contributed by atoms with Crippen molar-refractivity contribution in [2.45, 2.75) is 13.0 Å². The van der Waals surface area contributed by atoms with Crippen molar-refractivity contribution >= 4 is 33.7 Å². The summed E-state index contributed by atoms with van der Waals surface area (Å²) in [5, 5.41) is 21.6. The summed E-state index contributed by atoms with van der Waals surface area (Å²) < 4.78 is 6.19. The van der Waals surface area contributed by atoms with E-state index in [1.165, 1.54) is 12.1 Å². The van der Waals surface area contributed by atoms with E-state index < -0.39 is 24.1 Å². The standard InChI is InChI=1S/C19H18BrNO5/c1-12(7-10-17(23)24)18(15-11-13(20)8-9-16(15)22)26-19(25)21-14-5-3-2-4-6-14/h2-12,18,22H,1H3,(H,21,25)(H,23,24)/b10-7+/t12-,18+/m0/s1. The smallest absolute Gasteiger partial charge is 0.412 e. The van der Waals surface area contributed by atoms with E-state index in [1.807, 2.05) is 6.07 Å². The SMILES string of the molecule is C[C@@H](/C=C/C(=O)O)[C@@H](OC(=O)Nc1ccccc1)c1cc(Br)ccc1O. The Morgan fingerprint density at radius 2 is 1.88 bits per heavy atom. The zero-order valence-corrected chi connectivity index (χ0v) is 15.5. The van der Waals surface area contributed by atoms with Gasteiger partial charge in [-0.15, -0.1) is 0 Å². The highest BCUT2D eigenvalue weighted by molar-refractivity contribution is 9.10. The Morgan fingerprint density at radius 1 is 1.19 bits per heavy atom. The number of aromatic hydroxyl groups is 1. The molecule has 2 atom stereocenters. The van der Waals surface area contributed by atoms with Crippen LogP contribution in [0.2, 0.25) is 0 Å². The van der Waals surface area contributed by atoms with Gasteiger partial charge in [-0.1, -0.05) is 47.1 Å². The summed E-state index contributed by atoms with van der Waals surface area (Å²) in [6, 6.07) is 13.5. The van der Waals surface area contributed by atoms with E-state index in [0.717, 1.165) is 6.08 Å². The summed E-state index contributed by atoms with van der Waals surface area (Å²) in [6.45, 7) is 1.69. The Bertz CT molecular complexity index is 807. The van der Waals surface area contributed by atoms with Crippen LogP contribution in [0.15, 0.2) is 65.2 Å². The van der Waals surface area contributed by atoms with Crippen LogP contribution in [0, 0.1) is 5.92 Å². The molecule has 2 aromatic carbocycles. The summed E-state index contributed by atoms with van der Waals surface area (Å²) in [7, 11) is 0. The lowest BCUT2D eigenvalue weighted by Crippen LogP contribution is -2.21. The number of hydrogen-bond acceptors (Lipinski definition) is 4. The highest BCUT2D eigenvalue weighted by atomic mass is 79.9. The van der Waals surface area contributed by atoms with Gasteiger partial charge in [0.15, 0.2) is 0 Å². The molecular weight excluding hydrogens is 402 g/mol. The maximum atomic E-state index is 12.3. The lowest BCUT2D eigenvalue weighted by Gasteiger charge is -2.23. The first-order chi connectivity index (χ1) is 12.4. The van der Waals surface area contributed by atoms with Crippen molar-refractivity contribution in [2.24, 2.45) is 5.92 Å². The van der Waals surface area contributed by atoms with Gasteiger partial charge < -0.3 is 14.9 Å². The minimum absolute atomic E-state index is 0.0544. The predicted molar refractivity (Wildman–Crippen MR) is 101 cm³/mol. The molecule has 0 aliphatic heterocycles. The molecule has 0 saturated heterocycles. The van der Waals surface area contributed by atoms with Gasteiger partial charge in [-0.25, -0.2) is 9.59 Å². The highest BCUT2D eigenvalue weighted by Gasteiger charge is 2.25. The van der Waals surface area contributed by atoms with Gasteiger partial charge in [0.05, 0.1) is 0 Å². The third kappa shape index (κ3) is 5.63. The summed E-state index contributed by atoms with van der Waals surface area (Å²) in [4.78, 5) is 23.1. The van der Waals surface area contributed by atoms with E-state index >= 15 is 0 Å². The minimum Gasteiger partial charge on any atom is -0.508 e. The van der Waals surface area contributed by atoms with Crippen LogP contribution in [0.25, 0.3) is 0 Å². The number of anilines is 1. The lowest BCUT2D eigenvalue weighted by atomic mass is 9.96. The number of rotatable bonds is 6. The zero-order chi connectivity index (χ0) is 19.1. The quantitative estimate of drug-likeness (QED) is 0.588. The number of hydrogen-bond donors (Lipinski definition) is 3. The number of aliphatic carboxylic acids is 1. The average Bonchev–Trinajstić information content (AvgIpc) is 2.60. The Balaban J connectivity index is 2.26. The monoisotopic (exact) mass is 419 g/mol. The Morgan fingerprint density at radius 3 is 2.54 bits per heavy atom. The molecule has 0 heterocycles. The maximum Gasteiger partial charge on any atom is 0.412 e. The predicted octanol–water partition coefficient (Wildman–Crippen LogP) is 4.72. The third-order valence-electron chi connectivity index (χ3n) is 3.57. The number of nitrogens with one attached hydrogen (secondary N) is 1. The van der Waals surface area contributed by atoms with Crippen LogP contribution >= 0.6 is 15.9 Å². The number of para-hydroxylation sites is 1. The normalized spacial score (nSPS) is 13.2. The summed E-state index contributed by atoms with van der Waals surface area (Å²) in [5.74, 6) is -1.66. The van der Waals surface area contributed by atoms with Gasteiger partial charge in [0, 0.05) is 27.7 Å². The first-order valence-corrected chi connectivity index (χ1v) is 8.58. The number of carbonyl (C=O) groups excluding carboxylic acids is 1. The number of halogens is 1. The van der Waals surface area contributed by atoms with Gasteiger partial charge in [0.2, 0.25) is 0 Å². The second-order valence-electron chi connectivity index (χ2n) is 5.58. The van der Waals surface area contributed by atoms with Crippen LogP contribution < -0.4 is 5.32 Å². The number of carboxylic acid groups (broad SMARTS) is 1. The summed E-state index contributed by atoms with van der Waals surface area (Å²) in [6.07, 6.45) is 0.789. The van der Waals surface area contributed by atoms with Crippen LogP contribution in [0.1, 0.15) is 18.6 Å². The number of phenolic OH excluding ortho intramolecular Hbond substituents is 1. The number of benzene rings is 2. The van der Waals surface area contributed by atoms with E-state index in [2.05, 4.69) is 21.2 Å². The Hall–Kier alpha value is -2.80. The third-order valence-corrected chi connectivity index (χ3v) is 4.06. The fourth-order valence-corrected chi connectivity index (χ4v) is 2.71. The Kier molecular flexibility index (Phi) is 6.80. The molecule has 0 radical (unpaired) electrons. The molecule has 26 heavy (non-hydrogen) atoms. The number of amides is 1. The molecule has 1 amide bonds. The van der Waals surface area contributed by atoms with Gasteiger partial charge in [-0.3, -0.25) is 5.32 Å². The first kappa shape index (κ1) is 19.5.